The van der Waals surface area contributed by atoms with Crippen molar-refractivity contribution in [1.82, 2.24) is 5.32 Å². The van der Waals surface area contributed by atoms with E-state index in [4.69, 9.17) is 9.47 Å². The van der Waals surface area contributed by atoms with Crippen LogP contribution < -0.4 is 10.1 Å². The maximum Gasteiger partial charge on any atom is 0.260 e. The van der Waals surface area contributed by atoms with E-state index in [1.807, 2.05) is 45.9 Å². The van der Waals surface area contributed by atoms with Crippen molar-refractivity contribution in [2.75, 3.05) is 13.2 Å². The fourth-order valence-electron chi connectivity index (χ4n) is 1.92. The first-order valence-electron chi connectivity index (χ1n) is 7.53. The summed E-state index contributed by atoms with van der Waals surface area (Å²) in [6, 6.07) is 5.93. The second-order valence-electron chi connectivity index (χ2n) is 5.59. The van der Waals surface area contributed by atoms with Crippen LogP contribution in [-0.2, 0) is 9.53 Å². The number of aryl methyl sites for hydroxylation is 2. The lowest BCUT2D eigenvalue weighted by molar-refractivity contribution is -0.127. The van der Waals surface area contributed by atoms with Crippen LogP contribution in [0.1, 0.15) is 38.3 Å². The highest BCUT2D eigenvalue weighted by molar-refractivity contribution is 5.80. The Balaban J connectivity index is 2.34. The maximum atomic E-state index is 11.9. The van der Waals surface area contributed by atoms with Gasteiger partial charge in [0.2, 0.25) is 0 Å². The fraction of sp³-hybridized carbons (Fsp3) is 0.588. The molecule has 4 heteroatoms. The number of ether oxygens (including phenoxy) is 2. The zero-order valence-electron chi connectivity index (χ0n) is 13.7. The van der Waals surface area contributed by atoms with Gasteiger partial charge in [-0.1, -0.05) is 17.7 Å². The van der Waals surface area contributed by atoms with Gasteiger partial charge in [0, 0.05) is 13.2 Å². The SMILES string of the molecule is Cc1ccc(O[C@@H](C)C(=O)NCCCOC(C)C)c(C)c1. The third-order valence-corrected chi connectivity index (χ3v) is 3.07. The monoisotopic (exact) mass is 293 g/mol. The van der Waals surface area contributed by atoms with Crippen LogP contribution in [0.3, 0.4) is 0 Å². The molecule has 21 heavy (non-hydrogen) atoms. The van der Waals surface area contributed by atoms with Crippen molar-refractivity contribution in [2.45, 2.75) is 53.2 Å². The fourth-order valence-corrected chi connectivity index (χ4v) is 1.92. The van der Waals surface area contributed by atoms with Gasteiger partial charge in [-0.05, 0) is 52.7 Å². The van der Waals surface area contributed by atoms with Crippen molar-refractivity contribution in [3.05, 3.63) is 29.3 Å². The second kappa shape index (κ2) is 8.67. The summed E-state index contributed by atoms with van der Waals surface area (Å²) in [5, 5.41) is 2.86. The number of nitrogens with one attached hydrogen (secondary N) is 1. The lowest BCUT2D eigenvalue weighted by Crippen LogP contribution is -2.37. The van der Waals surface area contributed by atoms with E-state index in [0.29, 0.717) is 13.2 Å². The largest absolute Gasteiger partial charge is 0.481 e. The zero-order valence-corrected chi connectivity index (χ0v) is 13.7. The number of carbonyl (C=O) groups is 1. The van der Waals surface area contributed by atoms with Gasteiger partial charge in [-0.25, -0.2) is 0 Å². The van der Waals surface area contributed by atoms with E-state index in [1.165, 1.54) is 5.56 Å². The summed E-state index contributed by atoms with van der Waals surface area (Å²) in [7, 11) is 0. The van der Waals surface area contributed by atoms with Crippen molar-refractivity contribution in [1.29, 1.82) is 0 Å². The molecule has 1 atom stereocenters. The molecule has 0 fully saturated rings. The molecule has 0 aliphatic carbocycles. The van der Waals surface area contributed by atoms with Crippen molar-refractivity contribution in [2.24, 2.45) is 0 Å². The molecule has 0 spiro atoms. The van der Waals surface area contributed by atoms with Gasteiger partial charge in [-0.2, -0.15) is 0 Å². The molecule has 0 radical (unpaired) electrons. The molecule has 0 heterocycles. The van der Waals surface area contributed by atoms with Gasteiger partial charge in [-0.3, -0.25) is 4.79 Å². The third kappa shape index (κ3) is 6.63. The van der Waals surface area contributed by atoms with Crippen molar-refractivity contribution in [3.63, 3.8) is 0 Å². The van der Waals surface area contributed by atoms with Crippen molar-refractivity contribution >= 4 is 5.91 Å². The molecule has 0 aliphatic rings. The van der Waals surface area contributed by atoms with Crippen LogP contribution in [0.5, 0.6) is 5.75 Å². The molecule has 0 bridgehead atoms. The van der Waals surface area contributed by atoms with E-state index in [2.05, 4.69) is 5.32 Å². The average Bonchev–Trinajstić information content (AvgIpc) is 2.40. The third-order valence-electron chi connectivity index (χ3n) is 3.07. The van der Waals surface area contributed by atoms with Crippen LogP contribution in [0.2, 0.25) is 0 Å². The summed E-state index contributed by atoms with van der Waals surface area (Å²) in [6.07, 6.45) is 0.533. The summed E-state index contributed by atoms with van der Waals surface area (Å²) >= 11 is 0. The van der Waals surface area contributed by atoms with Crippen LogP contribution >= 0.6 is 0 Å². The first kappa shape index (κ1) is 17.5. The summed E-state index contributed by atoms with van der Waals surface area (Å²) in [6.45, 7) is 11.0. The van der Waals surface area contributed by atoms with Crippen LogP contribution in [0.25, 0.3) is 0 Å². The molecular formula is C17H27NO3. The summed E-state index contributed by atoms with van der Waals surface area (Å²) < 4.78 is 11.1. The molecule has 0 saturated heterocycles. The zero-order chi connectivity index (χ0) is 15.8. The predicted octanol–water partition coefficient (Wildman–Crippen LogP) is 3.00. The van der Waals surface area contributed by atoms with Crippen molar-refractivity contribution < 1.29 is 14.3 Å². The van der Waals surface area contributed by atoms with Crippen LogP contribution in [0, 0.1) is 13.8 Å². The highest BCUT2D eigenvalue weighted by Gasteiger charge is 2.14. The molecule has 1 aromatic rings. The quantitative estimate of drug-likeness (QED) is 0.750. The number of hydrogen-bond donors (Lipinski definition) is 1. The molecule has 0 aromatic heterocycles. The molecular weight excluding hydrogens is 266 g/mol. The molecule has 1 amide bonds. The van der Waals surface area contributed by atoms with E-state index in [0.717, 1.165) is 17.7 Å². The van der Waals surface area contributed by atoms with E-state index in [9.17, 15) is 4.79 Å². The molecule has 1 N–H and O–H groups in total. The van der Waals surface area contributed by atoms with Gasteiger partial charge < -0.3 is 14.8 Å². The van der Waals surface area contributed by atoms with Gasteiger partial charge in [-0.15, -0.1) is 0 Å². The second-order valence-corrected chi connectivity index (χ2v) is 5.59. The smallest absolute Gasteiger partial charge is 0.260 e. The number of amides is 1. The van der Waals surface area contributed by atoms with Gasteiger partial charge in [0.1, 0.15) is 5.75 Å². The Morgan fingerprint density at radius 2 is 1.95 bits per heavy atom. The molecule has 0 aliphatic heterocycles. The highest BCUT2D eigenvalue weighted by Crippen LogP contribution is 2.19. The molecule has 0 saturated carbocycles. The maximum absolute atomic E-state index is 11.9. The molecule has 0 unspecified atom stereocenters. The first-order chi connectivity index (χ1) is 9.90. The topological polar surface area (TPSA) is 47.6 Å². The Labute approximate surface area is 127 Å². The van der Waals surface area contributed by atoms with Crippen LogP contribution in [-0.4, -0.2) is 31.3 Å². The standard InChI is InChI=1S/C17H27NO3/c1-12(2)20-10-6-9-18-17(19)15(5)21-16-8-7-13(3)11-14(16)4/h7-8,11-12,15H,6,9-10H2,1-5H3,(H,18,19)/t15-/m0/s1. The van der Waals surface area contributed by atoms with E-state index in [1.54, 1.807) is 6.92 Å². The molecule has 1 aromatic carbocycles. The Kier molecular flexibility index (Phi) is 7.23. The predicted molar refractivity (Wildman–Crippen MR) is 84.7 cm³/mol. The van der Waals surface area contributed by atoms with Gasteiger partial charge in [0.25, 0.3) is 5.91 Å². The summed E-state index contributed by atoms with van der Waals surface area (Å²) in [5.74, 6) is 0.658. The summed E-state index contributed by atoms with van der Waals surface area (Å²) in [5.41, 5.74) is 2.22. The van der Waals surface area contributed by atoms with Crippen LogP contribution in [0.15, 0.2) is 18.2 Å². The highest BCUT2D eigenvalue weighted by atomic mass is 16.5. The minimum Gasteiger partial charge on any atom is -0.481 e. The molecule has 4 nitrogen and oxygen atoms in total. The molecule has 118 valence electrons. The minimum atomic E-state index is -0.502. The lowest BCUT2D eigenvalue weighted by atomic mass is 10.1. The average molecular weight is 293 g/mol. The van der Waals surface area contributed by atoms with Gasteiger partial charge >= 0.3 is 0 Å². The Bertz CT molecular complexity index is 457. The van der Waals surface area contributed by atoms with Gasteiger partial charge in [0.15, 0.2) is 6.10 Å². The first-order valence-corrected chi connectivity index (χ1v) is 7.53. The van der Waals surface area contributed by atoms with Gasteiger partial charge in [0.05, 0.1) is 6.10 Å². The summed E-state index contributed by atoms with van der Waals surface area (Å²) in [4.78, 5) is 11.9. The normalized spacial score (nSPS) is 12.3. The Morgan fingerprint density at radius 3 is 2.57 bits per heavy atom. The number of benzene rings is 1. The van der Waals surface area contributed by atoms with E-state index >= 15 is 0 Å². The van der Waals surface area contributed by atoms with Crippen LogP contribution in [0.4, 0.5) is 0 Å². The number of hydrogen-bond acceptors (Lipinski definition) is 3. The lowest BCUT2D eigenvalue weighted by Gasteiger charge is -2.16. The Morgan fingerprint density at radius 1 is 1.24 bits per heavy atom. The molecule has 1 rings (SSSR count). The van der Waals surface area contributed by atoms with Crippen molar-refractivity contribution in [3.8, 4) is 5.75 Å². The number of carbonyl (C=O) groups excluding carboxylic acids is 1. The minimum absolute atomic E-state index is 0.0977. The Hall–Kier alpha value is -1.55. The van der Waals surface area contributed by atoms with E-state index < -0.39 is 6.10 Å². The number of rotatable bonds is 8. The van der Waals surface area contributed by atoms with E-state index in [-0.39, 0.29) is 12.0 Å².